The lowest BCUT2D eigenvalue weighted by atomic mass is 9.62. The molecule has 0 N–H and O–H groups in total. The van der Waals surface area contributed by atoms with Gasteiger partial charge in [-0.05, 0) is 73.5 Å². The molecule has 5 atom stereocenters. The molecule has 1 spiro atoms. The van der Waals surface area contributed by atoms with E-state index in [1.807, 2.05) is 0 Å². The normalized spacial score (nSPS) is 38.2. The molecule has 0 radical (unpaired) electrons. The monoisotopic (exact) mass is 348 g/mol. The van der Waals surface area contributed by atoms with Crippen LogP contribution >= 0.6 is 0 Å². The third-order valence-corrected chi connectivity index (χ3v) is 7.24. The van der Waals surface area contributed by atoms with Crippen molar-refractivity contribution in [1.29, 1.82) is 0 Å². The van der Waals surface area contributed by atoms with E-state index in [1.54, 1.807) is 6.92 Å². The number of fused-ring (bicyclic) bond motifs is 1. The summed E-state index contributed by atoms with van der Waals surface area (Å²) in [7, 11) is 0. The smallest absolute Gasteiger partial charge is 0.344 e. The number of ether oxygens (including phenoxy) is 2. The van der Waals surface area contributed by atoms with Crippen LogP contribution in [0.4, 0.5) is 0 Å². The third-order valence-electron chi connectivity index (χ3n) is 7.24. The summed E-state index contributed by atoms with van der Waals surface area (Å²) < 4.78 is 10.3. The number of hydrogen-bond acceptors (Lipinski definition) is 4. The standard InChI is InChI=1S/C21H32O4/c1-13(2)19(23)25-12-18(22)24-7-6-21(14(3)4)16-8-15(5)9-20(10-16)11-17(20)21/h14-17H,1,6-12H2,2-5H3. The maximum atomic E-state index is 11.9. The first-order valence-corrected chi connectivity index (χ1v) is 9.69. The SMILES string of the molecule is C=C(C)C(=O)OCC(=O)OCCC1(C(C)C)C2CC(C)CC3(C2)CC31. The van der Waals surface area contributed by atoms with Crippen LogP contribution in [-0.2, 0) is 19.1 Å². The van der Waals surface area contributed by atoms with Gasteiger partial charge in [0.15, 0.2) is 6.61 Å². The van der Waals surface area contributed by atoms with Gasteiger partial charge in [0.2, 0.25) is 0 Å². The molecule has 5 unspecified atom stereocenters. The van der Waals surface area contributed by atoms with Gasteiger partial charge in [0.25, 0.3) is 0 Å². The fourth-order valence-corrected chi connectivity index (χ4v) is 6.35. The van der Waals surface area contributed by atoms with E-state index in [4.69, 9.17) is 9.47 Å². The average molecular weight is 348 g/mol. The van der Waals surface area contributed by atoms with Crippen LogP contribution in [0.2, 0.25) is 0 Å². The molecule has 0 heterocycles. The zero-order valence-electron chi connectivity index (χ0n) is 16.1. The molecule has 3 fully saturated rings. The summed E-state index contributed by atoms with van der Waals surface area (Å²) in [6.07, 6.45) is 6.40. The molecule has 4 heteroatoms. The van der Waals surface area contributed by atoms with Gasteiger partial charge in [-0.3, -0.25) is 0 Å². The maximum Gasteiger partial charge on any atom is 0.344 e. The van der Waals surface area contributed by atoms with Crippen molar-refractivity contribution in [2.45, 2.75) is 59.8 Å². The Hall–Kier alpha value is -1.32. The Balaban J connectivity index is 1.55. The molecule has 25 heavy (non-hydrogen) atoms. The van der Waals surface area contributed by atoms with Crippen LogP contribution in [0.1, 0.15) is 59.8 Å². The Morgan fingerprint density at radius 3 is 2.56 bits per heavy atom. The fourth-order valence-electron chi connectivity index (χ4n) is 6.35. The van der Waals surface area contributed by atoms with Gasteiger partial charge in [0, 0.05) is 5.57 Å². The summed E-state index contributed by atoms with van der Waals surface area (Å²) in [5.74, 6) is 2.01. The van der Waals surface area contributed by atoms with Gasteiger partial charge in [0.05, 0.1) is 6.61 Å². The summed E-state index contributed by atoms with van der Waals surface area (Å²) in [6.45, 7) is 12.2. The Kier molecular flexibility index (Phi) is 4.76. The molecule has 3 saturated carbocycles. The van der Waals surface area contributed by atoms with Crippen molar-refractivity contribution in [2.24, 2.45) is 34.5 Å². The van der Waals surface area contributed by atoms with Crippen molar-refractivity contribution in [3.63, 3.8) is 0 Å². The fraction of sp³-hybridized carbons (Fsp3) is 0.810. The average Bonchev–Trinajstić information content (AvgIpc) is 3.15. The first-order valence-electron chi connectivity index (χ1n) is 9.69. The zero-order chi connectivity index (χ0) is 18.4. The summed E-state index contributed by atoms with van der Waals surface area (Å²) in [6, 6.07) is 0. The first kappa shape index (κ1) is 18.5. The summed E-state index contributed by atoms with van der Waals surface area (Å²) in [5.41, 5.74) is 1.21. The molecule has 3 rings (SSSR count). The predicted molar refractivity (Wildman–Crippen MR) is 95.7 cm³/mol. The molecule has 0 saturated heterocycles. The van der Waals surface area contributed by atoms with E-state index in [9.17, 15) is 9.59 Å². The molecule has 0 aromatic carbocycles. The highest BCUT2D eigenvalue weighted by atomic mass is 16.6. The Labute approximate surface area is 151 Å². The van der Waals surface area contributed by atoms with E-state index < -0.39 is 11.9 Å². The van der Waals surface area contributed by atoms with Crippen LogP contribution in [0.25, 0.3) is 0 Å². The van der Waals surface area contributed by atoms with Crippen molar-refractivity contribution < 1.29 is 19.1 Å². The van der Waals surface area contributed by atoms with Gasteiger partial charge < -0.3 is 9.47 Å². The second-order valence-electron chi connectivity index (χ2n) is 9.16. The van der Waals surface area contributed by atoms with Crippen LogP contribution in [-0.4, -0.2) is 25.2 Å². The minimum atomic E-state index is -0.547. The molecule has 0 aromatic rings. The molecular formula is C21H32O4. The van der Waals surface area contributed by atoms with E-state index in [0.29, 0.717) is 23.4 Å². The number of rotatable bonds is 7. The lowest BCUT2D eigenvalue weighted by molar-refractivity contribution is -0.157. The molecular weight excluding hydrogens is 316 g/mol. The quantitative estimate of drug-likeness (QED) is 0.512. The molecule has 2 bridgehead atoms. The second kappa shape index (κ2) is 6.44. The van der Waals surface area contributed by atoms with Gasteiger partial charge in [-0.15, -0.1) is 0 Å². The van der Waals surface area contributed by atoms with Gasteiger partial charge in [-0.25, -0.2) is 9.59 Å². The van der Waals surface area contributed by atoms with Crippen molar-refractivity contribution in [3.05, 3.63) is 12.2 Å². The van der Waals surface area contributed by atoms with Gasteiger partial charge >= 0.3 is 11.9 Å². The maximum absolute atomic E-state index is 11.9. The number of hydrogen-bond donors (Lipinski definition) is 0. The van der Waals surface area contributed by atoms with Crippen LogP contribution in [0.15, 0.2) is 12.2 Å². The molecule has 0 aromatic heterocycles. The highest BCUT2D eigenvalue weighted by Crippen LogP contribution is 2.80. The van der Waals surface area contributed by atoms with E-state index in [1.165, 1.54) is 25.7 Å². The molecule has 0 aliphatic heterocycles. The van der Waals surface area contributed by atoms with E-state index in [-0.39, 0.29) is 12.2 Å². The van der Waals surface area contributed by atoms with E-state index in [2.05, 4.69) is 27.4 Å². The zero-order valence-corrected chi connectivity index (χ0v) is 16.1. The van der Waals surface area contributed by atoms with Gasteiger partial charge in [0.1, 0.15) is 0 Å². The van der Waals surface area contributed by atoms with Crippen LogP contribution in [0, 0.1) is 34.5 Å². The first-order chi connectivity index (χ1) is 11.7. The molecule has 3 aliphatic rings. The van der Waals surface area contributed by atoms with Crippen LogP contribution in [0.3, 0.4) is 0 Å². The molecule has 140 valence electrons. The topological polar surface area (TPSA) is 52.6 Å². The molecule has 0 amide bonds. The minimum absolute atomic E-state index is 0.290. The Morgan fingerprint density at radius 1 is 1.20 bits per heavy atom. The lowest BCUT2D eigenvalue weighted by Gasteiger charge is -2.43. The predicted octanol–water partition coefficient (Wildman–Crippen LogP) is 4.14. The number of esters is 2. The van der Waals surface area contributed by atoms with Crippen molar-refractivity contribution in [1.82, 2.24) is 0 Å². The minimum Gasteiger partial charge on any atom is -0.463 e. The van der Waals surface area contributed by atoms with E-state index in [0.717, 1.165) is 24.2 Å². The van der Waals surface area contributed by atoms with Crippen molar-refractivity contribution >= 4 is 11.9 Å². The third kappa shape index (κ3) is 3.13. The Bertz CT molecular complexity index is 580. The Morgan fingerprint density at radius 2 is 1.92 bits per heavy atom. The van der Waals surface area contributed by atoms with Crippen LogP contribution < -0.4 is 0 Å². The van der Waals surface area contributed by atoms with Crippen LogP contribution in [0.5, 0.6) is 0 Å². The van der Waals surface area contributed by atoms with Crippen molar-refractivity contribution in [2.75, 3.05) is 13.2 Å². The molecule has 4 nitrogen and oxygen atoms in total. The summed E-state index contributed by atoms with van der Waals surface area (Å²) in [4.78, 5) is 23.2. The highest BCUT2D eigenvalue weighted by Gasteiger charge is 2.73. The summed E-state index contributed by atoms with van der Waals surface area (Å²) >= 11 is 0. The van der Waals surface area contributed by atoms with Gasteiger partial charge in [-0.1, -0.05) is 27.4 Å². The van der Waals surface area contributed by atoms with E-state index >= 15 is 0 Å². The number of carbonyl (C=O) groups is 2. The molecule has 3 aliphatic carbocycles. The highest BCUT2D eigenvalue weighted by molar-refractivity contribution is 5.88. The van der Waals surface area contributed by atoms with Gasteiger partial charge in [-0.2, -0.15) is 0 Å². The largest absolute Gasteiger partial charge is 0.463 e. The second-order valence-corrected chi connectivity index (χ2v) is 9.16. The van der Waals surface area contributed by atoms with Crippen molar-refractivity contribution in [3.8, 4) is 0 Å². The lowest BCUT2D eigenvalue weighted by Crippen LogP contribution is -2.37. The number of carbonyl (C=O) groups excluding carboxylic acids is 2. The summed E-state index contributed by atoms with van der Waals surface area (Å²) in [5, 5.41) is 0.